The number of nitriles is 1. The first-order valence-corrected chi connectivity index (χ1v) is 12.7. The molecule has 0 aliphatic heterocycles. The van der Waals surface area contributed by atoms with Crippen molar-refractivity contribution in [2.24, 2.45) is 0 Å². The van der Waals surface area contributed by atoms with Gasteiger partial charge in [-0.05, 0) is 88.3 Å². The van der Waals surface area contributed by atoms with Crippen molar-refractivity contribution in [3.63, 3.8) is 0 Å². The van der Waals surface area contributed by atoms with E-state index in [1.165, 1.54) is 4.88 Å². The number of anilines is 1. The molecule has 35 heavy (non-hydrogen) atoms. The van der Waals surface area contributed by atoms with Gasteiger partial charge >= 0.3 is 5.97 Å². The molecule has 0 radical (unpaired) electrons. The fourth-order valence-electron chi connectivity index (χ4n) is 4.58. The normalized spacial score (nSPS) is 13.2. The second-order valence-corrected chi connectivity index (χ2v) is 9.80. The topological polar surface area (TPSA) is 84.1 Å². The van der Waals surface area contributed by atoms with Gasteiger partial charge in [-0.25, -0.2) is 4.79 Å². The number of aryl methyl sites for hydroxylation is 3. The van der Waals surface area contributed by atoms with Crippen LogP contribution in [0, 0.1) is 32.1 Å². The lowest BCUT2D eigenvalue weighted by molar-refractivity contribution is -0.112. The summed E-state index contributed by atoms with van der Waals surface area (Å²) in [7, 11) is 0. The summed E-state index contributed by atoms with van der Waals surface area (Å²) in [6, 6.07) is 11.4. The third kappa shape index (κ3) is 4.80. The van der Waals surface area contributed by atoms with E-state index in [2.05, 4.69) is 9.88 Å². The SMILES string of the molecule is CCOC(=O)c1c(-n2c(C)cc(C=C(C#N)C(=O)Nc3ccccc3C)c2C)sc2c1CCCC2. The number of esters is 1. The van der Waals surface area contributed by atoms with Gasteiger partial charge in [0.05, 0.1) is 12.2 Å². The third-order valence-electron chi connectivity index (χ3n) is 6.36. The summed E-state index contributed by atoms with van der Waals surface area (Å²) in [5.74, 6) is -0.743. The Morgan fingerprint density at radius 1 is 1.20 bits per heavy atom. The number of nitrogens with one attached hydrogen (secondary N) is 1. The Morgan fingerprint density at radius 3 is 2.66 bits per heavy atom. The summed E-state index contributed by atoms with van der Waals surface area (Å²) in [5.41, 5.74) is 5.93. The fourth-order valence-corrected chi connectivity index (χ4v) is 6.06. The lowest BCUT2D eigenvalue weighted by Crippen LogP contribution is -2.14. The molecule has 3 aromatic rings. The number of hydrogen-bond acceptors (Lipinski definition) is 5. The van der Waals surface area contributed by atoms with Gasteiger partial charge in [0.15, 0.2) is 0 Å². The smallest absolute Gasteiger partial charge is 0.341 e. The highest BCUT2D eigenvalue weighted by Crippen LogP contribution is 2.39. The molecule has 6 nitrogen and oxygen atoms in total. The van der Waals surface area contributed by atoms with Crippen LogP contribution < -0.4 is 5.32 Å². The molecule has 0 fully saturated rings. The summed E-state index contributed by atoms with van der Waals surface area (Å²) in [6.45, 7) is 7.96. The Hall–Kier alpha value is -3.63. The minimum atomic E-state index is -0.453. The highest BCUT2D eigenvalue weighted by atomic mass is 32.1. The molecule has 0 saturated carbocycles. The highest BCUT2D eigenvalue weighted by Gasteiger charge is 2.28. The quantitative estimate of drug-likeness (QED) is 0.260. The van der Waals surface area contributed by atoms with Crippen LogP contribution in [0.5, 0.6) is 0 Å². The van der Waals surface area contributed by atoms with E-state index in [0.717, 1.165) is 58.8 Å². The maximum absolute atomic E-state index is 13.0. The van der Waals surface area contributed by atoms with Crippen LogP contribution in [0.15, 0.2) is 35.9 Å². The molecule has 0 saturated heterocycles. The zero-order valence-electron chi connectivity index (χ0n) is 20.5. The summed E-state index contributed by atoms with van der Waals surface area (Å²) >= 11 is 1.64. The largest absolute Gasteiger partial charge is 0.462 e. The molecule has 0 spiro atoms. The molecule has 2 aromatic heterocycles. The summed E-state index contributed by atoms with van der Waals surface area (Å²) < 4.78 is 7.48. The number of carbonyl (C=O) groups is 2. The number of ether oxygens (including phenoxy) is 1. The number of para-hydroxylation sites is 1. The van der Waals surface area contributed by atoms with Gasteiger partial charge in [0.25, 0.3) is 5.91 Å². The lowest BCUT2D eigenvalue weighted by Gasteiger charge is -2.13. The predicted molar refractivity (Wildman–Crippen MR) is 139 cm³/mol. The Bertz CT molecular complexity index is 1370. The maximum atomic E-state index is 13.0. The summed E-state index contributed by atoms with van der Waals surface area (Å²) in [6.07, 6.45) is 5.65. The van der Waals surface area contributed by atoms with E-state index in [9.17, 15) is 14.9 Å². The minimum absolute atomic E-state index is 0.0181. The molecule has 1 aromatic carbocycles. The van der Waals surface area contributed by atoms with Crippen LogP contribution in [0.4, 0.5) is 5.69 Å². The van der Waals surface area contributed by atoms with Crippen molar-refractivity contribution in [3.05, 3.63) is 74.4 Å². The zero-order chi connectivity index (χ0) is 25.1. The van der Waals surface area contributed by atoms with Crippen molar-refractivity contribution < 1.29 is 14.3 Å². The molecule has 7 heteroatoms. The molecule has 0 unspecified atom stereocenters. The predicted octanol–water partition coefficient (Wildman–Crippen LogP) is 6.07. The van der Waals surface area contributed by atoms with E-state index < -0.39 is 5.91 Å². The number of hydrogen-bond donors (Lipinski definition) is 1. The maximum Gasteiger partial charge on any atom is 0.341 e. The average molecular weight is 488 g/mol. The number of carbonyl (C=O) groups excluding carboxylic acids is 2. The van der Waals surface area contributed by atoms with Crippen molar-refractivity contribution in [1.82, 2.24) is 4.57 Å². The molecule has 1 aliphatic rings. The van der Waals surface area contributed by atoms with Crippen LogP contribution >= 0.6 is 11.3 Å². The Balaban J connectivity index is 1.75. The average Bonchev–Trinajstić information content (AvgIpc) is 3.35. The van der Waals surface area contributed by atoms with E-state index in [1.807, 2.05) is 64.1 Å². The number of benzene rings is 1. The molecule has 0 bridgehead atoms. The second kappa shape index (κ2) is 10.3. The van der Waals surface area contributed by atoms with Crippen molar-refractivity contribution in [2.75, 3.05) is 11.9 Å². The van der Waals surface area contributed by atoms with Crippen LogP contribution in [0.25, 0.3) is 11.1 Å². The van der Waals surface area contributed by atoms with Crippen molar-refractivity contribution in [2.45, 2.75) is 53.4 Å². The number of amides is 1. The van der Waals surface area contributed by atoms with E-state index in [1.54, 1.807) is 17.4 Å². The van der Waals surface area contributed by atoms with E-state index in [-0.39, 0.29) is 11.5 Å². The summed E-state index contributed by atoms with van der Waals surface area (Å²) in [4.78, 5) is 27.1. The molecular weight excluding hydrogens is 458 g/mol. The van der Waals surface area contributed by atoms with E-state index >= 15 is 0 Å². The minimum Gasteiger partial charge on any atom is -0.462 e. The standard InChI is InChI=1S/C28H29N3O3S/c1-5-34-28(33)25-22-11-7-9-13-24(22)35-27(25)31-18(3)14-20(19(31)4)15-21(16-29)26(32)30-23-12-8-6-10-17(23)2/h6,8,10,12,14-15H,5,7,9,11,13H2,1-4H3,(H,30,32). The number of nitrogens with zero attached hydrogens (tertiary/aromatic N) is 2. The van der Waals surface area contributed by atoms with Gasteiger partial charge in [0.1, 0.15) is 16.6 Å². The molecule has 1 N–H and O–H groups in total. The van der Waals surface area contributed by atoms with Crippen LogP contribution in [0.2, 0.25) is 0 Å². The first kappa shape index (κ1) is 24.5. The van der Waals surface area contributed by atoms with Gasteiger partial charge < -0.3 is 14.6 Å². The number of aromatic nitrogens is 1. The van der Waals surface area contributed by atoms with Crippen LogP contribution in [0.1, 0.15) is 63.1 Å². The number of fused-ring (bicyclic) bond motifs is 1. The lowest BCUT2D eigenvalue weighted by atomic mass is 9.95. The first-order valence-electron chi connectivity index (χ1n) is 11.8. The molecule has 4 rings (SSSR count). The second-order valence-electron chi connectivity index (χ2n) is 8.71. The molecule has 1 amide bonds. The van der Waals surface area contributed by atoms with Gasteiger partial charge in [-0.15, -0.1) is 11.3 Å². The molecule has 2 heterocycles. The van der Waals surface area contributed by atoms with E-state index in [4.69, 9.17) is 4.74 Å². The summed E-state index contributed by atoms with van der Waals surface area (Å²) in [5, 5.41) is 13.4. The molecule has 180 valence electrons. The zero-order valence-corrected chi connectivity index (χ0v) is 21.3. The molecule has 0 atom stereocenters. The van der Waals surface area contributed by atoms with Gasteiger partial charge in [-0.3, -0.25) is 4.79 Å². The van der Waals surface area contributed by atoms with Gasteiger partial charge in [0, 0.05) is 22.0 Å². The van der Waals surface area contributed by atoms with Gasteiger partial charge in [-0.1, -0.05) is 18.2 Å². The van der Waals surface area contributed by atoms with E-state index in [0.29, 0.717) is 17.9 Å². The van der Waals surface area contributed by atoms with Crippen molar-refractivity contribution >= 4 is 35.0 Å². The van der Waals surface area contributed by atoms with Crippen LogP contribution in [0.3, 0.4) is 0 Å². The Morgan fingerprint density at radius 2 is 1.94 bits per heavy atom. The molecule has 1 aliphatic carbocycles. The van der Waals surface area contributed by atoms with Crippen molar-refractivity contribution in [1.29, 1.82) is 5.26 Å². The molecular formula is C28H29N3O3S. The van der Waals surface area contributed by atoms with Crippen LogP contribution in [-0.2, 0) is 22.4 Å². The number of rotatable bonds is 6. The highest BCUT2D eigenvalue weighted by molar-refractivity contribution is 7.15. The van der Waals surface area contributed by atoms with Gasteiger partial charge in [0.2, 0.25) is 0 Å². The van der Waals surface area contributed by atoms with Gasteiger partial charge in [-0.2, -0.15) is 5.26 Å². The van der Waals surface area contributed by atoms with Crippen LogP contribution in [-0.4, -0.2) is 23.1 Å². The fraction of sp³-hybridized carbons (Fsp3) is 0.321. The first-order chi connectivity index (χ1) is 16.8. The Labute approximate surface area is 209 Å². The monoisotopic (exact) mass is 487 g/mol. The number of thiophene rings is 1. The Kier molecular flexibility index (Phi) is 7.23. The van der Waals surface area contributed by atoms with Crippen molar-refractivity contribution in [3.8, 4) is 11.1 Å². The third-order valence-corrected chi connectivity index (χ3v) is 7.64.